The van der Waals surface area contributed by atoms with Crippen LogP contribution < -0.4 is 11.1 Å². The van der Waals surface area contributed by atoms with E-state index >= 15 is 0 Å². The molecule has 1 atom stereocenters. The minimum absolute atomic E-state index is 0.0788. The van der Waals surface area contributed by atoms with Crippen molar-refractivity contribution in [3.8, 4) is 0 Å². The van der Waals surface area contributed by atoms with E-state index in [4.69, 9.17) is 18.0 Å². The number of carbonyl (C=O) groups is 1. The molecule has 0 aromatic heterocycles. The average Bonchev–Trinajstić information content (AvgIpc) is 3.12. The molecule has 1 heterocycles. The lowest BCUT2D eigenvalue weighted by Gasteiger charge is -2.37. The van der Waals surface area contributed by atoms with Crippen LogP contribution in [0.1, 0.15) is 19.8 Å². The first-order chi connectivity index (χ1) is 8.08. The summed E-state index contributed by atoms with van der Waals surface area (Å²) in [6.07, 6.45) is 2.26. The van der Waals surface area contributed by atoms with Crippen molar-refractivity contribution < 1.29 is 4.79 Å². The van der Waals surface area contributed by atoms with Crippen molar-refractivity contribution in [3.05, 3.63) is 0 Å². The van der Waals surface area contributed by atoms with E-state index in [0.29, 0.717) is 11.0 Å². The minimum atomic E-state index is 0.0788. The number of carbonyl (C=O) groups excluding carboxylic acids is 1. The third-order valence-corrected chi connectivity index (χ3v) is 3.81. The fourth-order valence-electron chi connectivity index (χ4n) is 1.99. The number of thiocarbonyl (C=S) groups is 1. The monoisotopic (exact) mass is 256 g/mol. The minimum Gasteiger partial charge on any atom is -0.392 e. The number of piperazine rings is 1. The van der Waals surface area contributed by atoms with Gasteiger partial charge in [0.1, 0.15) is 0 Å². The summed E-state index contributed by atoms with van der Waals surface area (Å²) in [5.74, 6) is 0. The van der Waals surface area contributed by atoms with Crippen LogP contribution in [-0.2, 0) is 0 Å². The highest BCUT2D eigenvalue weighted by atomic mass is 32.1. The highest BCUT2D eigenvalue weighted by Crippen LogP contribution is 2.19. The maximum Gasteiger partial charge on any atom is 0.317 e. The smallest absolute Gasteiger partial charge is 0.317 e. The summed E-state index contributed by atoms with van der Waals surface area (Å²) < 4.78 is 0. The molecule has 17 heavy (non-hydrogen) atoms. The predicted octanol–water partition coefficient (Wildman–Crippen LogP) is 0.151. The van der Waals surface area contributed by atoms with Gasteiger partial charge in [0.2, 0.25) is 0 Å². The van der Waals surface area contributed by atoms with Crippen molar-refractivity contribution in [2.24, 2.45) is 5.73 Å². The first-order valence-electron chi connectivity index (χ1n) is 6.16. The number of nitrogens with zero attached hydrogens (tertiary/aromatic N) is 2. The summed E-state index contributed by atoms with van der Waals surface area (Å²) in [4.78, 5) is 16.4. The Labute approximate surface area is 107 Å². The molecular formula is C11H20N4OS. The number of amides is 2. The Kier molecular flexibility index (Phi) is 3.83. The van der Waals surface area contributed by atoms with Crippen LogP contribution in [0.4, 0.5) is 4.79 Å². The molecule has 96 valence electrons. The lowest BCUT2D eigenvalue weighted by Crippen LogP contribution is -2.55. The van der Waals surface area contributed by atoms with Crippen molar-refractivity contribution in [3.63, 3.8) is 0 Å². The molecule has 0 radical (unpaired) electrons. The van der Waals surface area contributed by atoms with E-state index in [0.717, 1.165) is 39.0 Å². The van der Waals surface area contributed by atoms with Crippen LogP contribution in [-0.4, -0.2) is 59.1 Å². The van der Waals surface area contributed by atoms with Crippen LogP contribution in [0.15, 0.2) is 0 Å². The molecule has 1 aliphatic carbocycles. The van der Waals surface area contributed by atoms with Gasteiger partial charge in [0.25, 0.3) is 0 Å². The van der Waals surface area contributed by atoms with Crippen LogP contribution in [0.2, 0.25) is 0 Å². The highest BCUT2D eigenvalue weighted by molar-refractivity contribution is 7.80. The second-order valence-corrected chi connectivity index (χ2v) is 5.30. The molecular weight excluding hydrogens is 236 g/mol. The number of nitrogens with two attached hydrogens (primary N) is 1. The molecule has 0 aromatic rings. The average molecular weight is 256 g/mol. The molecule has 1 saturated heterocycles. The Bertz CT molecular complexity index is 311. The summed E-state index contributed by atoms with van der Waals surface area (Å²) in [5.41, 5.74) is 5.63. The Morgan fingerprint density at radius 2 is 1.94 bits per heavy atom. The molecule has 0 bridgehead atoms. The molecule has 1 aliphatic heterocycles. The van der Waals surface area contributed by atoms with Gasteiger partial charge in [-0.15, -0.1) is 0 Å². The van der Waals surface area contributed by atoms with Gasteiger partial charge in [0.05, 0.1) is 11.0 Å². The summed E-state index contributed by atoms with van der Waals surface area (Å²) in [5, 5.41) is 3.01. The van der Waals surface area contributed by atoms with Crippen LogP contribution in [0.3, 0.4) is 0 Å². The van der Waals surface area contributed by atoms with Gasteiger partial charge in [-0.25, -0.2) is 4.79 Å². The zero-order chi connectivity index (χ0) is 12.4. The number of rotatable bonds is 3. The molecule has 5 nitrogen and oxygen atoms in total. The standard InChI is InChI=1S/C11H20N4OS/c1-8(10(12)17)14-4-6-15(7-5-14)11(16)13-9-2-3-9/h8-9H,2-7H2,1H3,(H2,12,17)(H,13,16). The Balaban J connectivity index is 1.76. The summed E-state index contributed by atoms with van der Waals surface area (Å²) >= 11 is 4.99. The normalized spacial score (nSPS) is 23.2. The van der Waals surface area contributed by atoms with Crippen LogP contribution in [0, 0.1) is 0 Å². The number of nitrogens with one attached hydrogen (secondary N) is 1. The largest absolute Gasteiger partial charge is 0.392 e. The molecule has 2 aliphatic rings. The van der Waals surface area contributed by atoms with Crippen LogP contribution in [0.5, 0.6) is 0 Å². The van der Waals surface area contributed by atoms with Gasteiger partial charge in [-0.3, -0.25) is 4.90 Å². The van der Waals surface area contributed by atoms with E-state index in [1.807, 2.05) is 11.8 Å². The van der Waals surface area contributed by atoms with Crippen molar-refractivity contribution in [2.45, 2.75) is 31.8 Å². The van der Waals surface area contributed by atoms with Gasteiger partial charge < -0.3 is 16.0 Å². The van der Waals surface area contributed by atoms with E-state index in [-0.39, 0.29) is 12.1 Å². The fourth-order valence-corrected chi connectivity index (χ4v) is 2.13. The number of hydrogen-bond donors (Lipinski definition) is 2. The number of hydrogen-bond acceptors (Lipinski definition) is 3. The first-order valence-corrected chi connectivity index (χ1v) is 6.57. The molecule has 0 spiro atoms. The van der Waals surface area contributed by atoms with Gasteiger partial charge in [-0.05, 0) is 19.8 Å². The van der Waals surface area contributed by atoms with Crippen molar-refractivity contribution in [2.75, 3.05) is 26.2 Å². The van der Waals surface area contributed by atoms with Gasteiger partial charge in [0.15, 0.2) is 0 Å². The number of urea groups is 1. The molecule has 6 heteroatoms. The van der Waals surface area contributed by atoms with Crippen molar-refractivity contribution in [1.29, 1.82) is 0 Å². The summed E-state index contributed by atoms with van der Waals surface area (Å²) in [6, 6.07) is 0.629. The van der Waals surface area contributed by atoms with Crippen LogP contribution >= 0.6 is 12.2 Å². The second kappa shape index (κ2) is 5.18. The summed E-state index contributed by atoms with van der Waals surface area (Å²) in [6.45, 7) is 5.21. The van der Waals surface area contributed by atoms with Crippen molar-refractivity contribution >= 4 is 23.2 Å². The molecule has 2 fully saturated rings. The van der Waals surface area contributed by atoms with Gasteiger partial charge >= 0.3 is 6.03 Å². The zero-order valence-electron chi connectivity index (χ0n) is 10.2. The van der Waals surface area contributed by atoms with Crippen molar-refractivity contribution in [1.82, 2.24) is 15.1 Å². The topological polar surface area (TPSA) is 61.6 Å². The Morgan fingerprint density at radius 1 is 1.35 bits per heavy atom. The van der Waals surface area contributed by atoms with E-state index < -0.39 is 0 Å². The Morgan fingerprint density at radius 3 is 2.41 bits per heavy atom. The third kappa shape index (κ3) is 3.29. The quantitative estimate of drug-likeness (QED) is 0.706. The SMILES string of the molecule is CC(C(N)=S)N1CCN(C(=O)NC2CC2)CC1. The van der Waals surface area contributed by atoms with Gasteiger partial charge in [-0.2, -0.15) is 0 Å². The molecule has 3 N–H and O–H groups in total. The highest BCUT2D eigenvalue weighted by Gasteiger charge is 2.29. The maximum absolute atomic E-state index is 11.8. The lowest BCUT2D eigenvalue weighted by molar-refractivity contribution is 0.131. The molecule has 0 aromatic carbocycles. The second-order valence-electron chi connectivity index (χ2n) is 4.83. The zero-order valence-corrected chi connectivity index (χ0v) is 11.0. The van der Waals surface area contributed by atoms with E-state index in [1.165, 1.54) is 0 Å². The first kappa shape index (κ1) is 12.6. The van der Waals surface area contributed by atoms with E-state index in [1.54, 1.807) is 0 Å². The lowest BCUT2D eigenvalue weighted by atomic mass is 10.2. The maximum atomic E-state index is 11.8. The third-order valence-electron chi connectivity index (χ3n) is 3.47. The molecule has 2 amide bonds. The van der Waals surface area contributed by atoms with Crippen LogP contribution in [0.25, 0.3) is 0 Å². The summed E-state index contributed by atoms with van der Waals surface area (Å²) in [7, 11) is 0. The Hall–Kier alpha value is -0.880. The molecule has 2 rings (SSSR count). The van der Waals surface area contributed by atoms with E-state index in [2.05, 4.69) is 10.2 Å². The predicted molar refractivity (Wildman–Crippen MR) is 70.9 cm³/mol. The molecule has 1 unspecified atom stereocenters. The van der Waals surface area contributed by atoms with Gasteiger partial charge in [-0.1, -0.05) is 12.2 Å². The fraction of sp³-hybridized carbons (Fsp3) is 0.818. The van der Waals surface area contributed by atoms with Gasteiger partial charge in [0, 0.05) is 32.2 Å². The molecule has 1 saturated carbocycles. The van der Waals surface area contributed by atoms with E-state index in [9.17, 15) is 4.79 Å².